The number of likely N-dealkylation sites (tertiary alicyclic amines) is 1. The van der Waals surface area contributed by atoms with Crippen LogP contribution >= 0.6 is 0 Å². The number of hydrogen-bond donors (Lipinski definition) is 1. The van der Waals surface area contributed by atoms with Crippen molar-refractivity contribution in [1.82, 2.24) is 4.90 Å². The number of ketones is 1. The predicted octanol–water partition coefficient (Wildman–Crippen LogP) is 4.23. The van der Waals surface area contributed by atoms with Gasteiger partial charge in [0.2, 0.25) is 0 Å². The molecule has 1 N–H and O–H groups in total. The van der Waals surface area contributed by atoms with Gasteiger partial charge in [-0.3, -0.25) is 9.59 Å². The summed E-state index contributed by atoms with van der Waals surface area (Å²) in [7, 11) is 1.57. The summed E-state index contributed by atoms with van der Waals surface area (Å²) in [4.78, 5) is 27.6. The Bertz CT molecular complexity index is 1240. The molecule has 0 aliphatic carbocycles. The zero-order valence-electron chi connectivity index (χ0n) is 18.3. The first-order chi connectivity index (χ1) is 16.0. The molecule has 0 spiro atoms. The molecule has 3 aromatic rings. The standard InChI is InChI=1S/C26H23NO6/c1-15-12-18-13-17(7-10-21(18)33-15)24(28)22-23(16-5-8-19(31-2)9-6-16)27(26(30)25(22)29)14-20-4-3-11-32-20/h3-11,13,15,23,28H,12,14H2,1-2H3/t15-,23+/m1/s1. The second kappa shape index (κ2) is 8.16. The van der Waals surface area contributed by atoms with Gasteiger partial charge in [-0.2, -0.15) is 0 Å². The van der Waals surface area contributed by atoms with Crippen LogP contribution in [-0.2, 0) is 22.6 Å². The lowest BCUT2D eigenvalue weighted by atomic mass is 9.94. The van der Waals surface area contributed by atoms with Gasteiger partial charge in [0.05, 0.1) is 31.5 Å². The molecular formula is C26H23NO6. The number of ether oxygens (including phenoxy) is 2. The van der Waals surface area contributed by atoms with Crippen LogP contribution in [0, 0.1) is 0 Å². The van der Waals surface area contributed by atoms with Crippen LogP contribution in [0.5, 0.6) is 11.5 Å². The zero-order valence-corrected chi connectivity index (χ0v) is 18.3. The molecule has 0 unspecified atom stereocenters. The fraction of sp³-hybridized carbons (Fsp3) is 0.231. The van der Waals surface area contributed by atoms with E-state index >= 15 is 0 Å². The van der Waals surface area contributed by atoms with Crippen molar-refractivity contribution in [1.29, 1.82) is 0 Å². The molecule has 2 atom stereocenters. The molecule has 0 saturated carbocycles. The first kappa shape index (κ1) is 20.9. The summed E-state index contributed by atoms with van der Waals surface area (Å²) in [5.74, 6) is 0.327. The van der Waals surface area contributed by atoms with E-state index < -0.39 is 17.7 Å². The lowest BCUT2D eigenvalue weighted by Crippen LogP contribution is -2.29. The third kappa shape index (κ3) is 3.65. The molecule has 2 aliphatic rings. The summed E-state index contributed by atoms with van der Waals surface area (Å²) < 4.78 is 16.4. The second-order valence-corrected chi connectivity index (χ2v) is 8.23. The zero-order chi connectivity index (χ0) is 23.1. The second-order valence-electron chi connectivity index (χ2n) is 8.23. The highest BCUT2D eigenvalue weighted by Crippen LogP contribution is 2.41. The third-order valence-electron chi connectivity index (χ3n) is 6.05. The minimum absolute atomic E-state index is 0.0450. The van der Waals surface area contributed by atoms with Crippen LogP contribution in [0.25, 0.3) is 5.76 Å². The average molecular weight is 445 g/mol. The summed E-state index contributed by atoms with van der Waals surface area (Å²) in [5.41, 5.74) is 2.16. The number of fused-ring (bicyclic) bond motifs is 1. The van der Waals surface area contributed by atoms with Crippen LogP contribution in [0.1, 0.15) is 35.4 Å². The van der Waals surface area contributed by atoms with Crippen molar-refractivity contribution < 1.29 is 28.6 Å². The molecule has 2 aromatic carbocycles. The van der Waals surface area contributed by atoms with Crippen molar-refractivity contribution in [3.63, 3.8) is 0 Å². The van der Waals surface area contributed by atoms with E-state index in [1.54, 1.807) is 55.6 Å². The Hall–Kier alpha value is -4.00. The highest BCUT2D eigenvalue weighted by molar-refractivity contribution is 6.46. The summed E-state index contributed by atoms with van der Waals surface area (Å²) in [5, 5.41) is 11.3. The number of aliphatic hydroxyl groups is 1. The Kier molecular flexibility index (Phi) is 5.17. The van der Waals surface area contributed by atoms with Crippen molar-refractivity contribution >= 4 is 17.4 Å². The van der Waals surface area contributed by atoms with Gasteiger partial charge in [-0.1, -0.05) is 12.1 Å². The molecule has 1 amide bonds. The third-order valence-corrected chi connectivity index (χ3v) is 6.05. The van der Waals surface area contributed by atoms with Crippen molar-refractivity contribution in [3.05, 3.63) is 88.9 Å². The van der Waals surface area contributed by atoms with Gasteiger partial charge in [-0.25, -0.2) is 0 Å². The van der Waals surface area contributed by atoms with E-state index in [4.69, 9.17) is 13.9 Å². The van der Waals surface area contributed by atoms with Crippen LogP contribution in [0.2, 0.25) is 0 Å². The molecule has 0 bridgehead atoms. The first-order valence-electron chi connectivity index (χ1n) is 10.7. The number of hydrogen-bond acceptors (Lipinski definition) is 6. The number of carbonyl (C=O) groups is 2. The smallest absolute Gasteiger partial charge is 0.296 e. The van der Waals surface area contributed by atoms with E-state index in [9.17, 15) is 14.7 Å². The molecule has 1 fully saturated rings. The van der Waals surface area contributed by atoms with Gasteiger partial charge in [0.25, 0.3) is 11.7 Å². The maximum Gasteiger partial charge on any atom is 0.296 e. The predicted molar refractivity (Wildman–Crippen MR) is 120 cm³/mol. The van der Waals surface area contributed by atoms with Crippen LogP contribution < -0.4 is 9.47 Å². The number of benzene rings is 2. The molecule has 5 rings (SSSR count). The number of aliphatic hydroxyl groups excluding tert-OH is 1. The van der Waals surface area contributed by atoms with Crippen LogP contribution in [0.4, 0.5) is 0 Å². The van der Waals surface area contributed by atoms with E-state index in [0.717, 1.165) is 11.3 Å². The summed E-state index contributed by atoms with van der Waals surface area (Å²) in [6.45, 7) is 2.07. The van der Waals surface area contributed by atoms with E-state index in [-0.39, 0.29) is 24.0 Å². The minimum atomic E-state index is -0.774. The average Bonchev–Trinajstić information content (AvgIpc) is 3.53. The number of methoxy groups -OCH3 is 1. The number of carbonyl (C=O) groups excluding carboxylic acids is 2. The van der Waals surface area contributed by atoms with Gasteiger partial charge in [0, 0.05) is 12.0 Å². The monoisotopic (exact) mass is 445 g/mol. The number of rotatable bonds is 5. The first-order valence-corrected chi connectivity index (χ1v) is 10.7. The van der Waals surface area contributed by atoms with Crippen LogP contribution in [0.15, 0.2) is 70.9 Å². The minimum Gasteiger partial charge on any atom is -0.507 e. The quantitative estimate of drug-likeness (QED) is 0.359. The lowest BCUT2D eigenvalue weighted by molar-refractivity contribution is -0.140. The Morgan fingerprint density at radius 3 is 2.64 bits per heavy atom. The molecule has 1 saturated heterocycles. The topological polar surface area (TPSA) is 89.2 Å². The van der Waals surface area contributed by atoms with Gasteiger partial charge in [0.1, 0.15) is 29.1 Å². The molecule has 7 nitrogen and oxygen atoms in total. The summed E-state index contributed by atoms with van der Waals surface area (Å²) in [6.07, 6.45) is 2.28. The maximum atomic E-state index is 13.2. The fourth-order valence-corrected chi connectivity index (χ4v) is 4.47. The molecular weight excluding hydrogens is 422 g/mol. The lowest BCUT2D eigenvalue weighted by Gasteiger charge is -2.24. The van der Waals surface area contributed by atoms with Gasteiger partial charge in [-0.15, -0.1) is 0 Å². The normalized spacial score (nSPS) is 21.2. The van der Waals surface area contributed by atoms with Crippen molar-refractivity contribution in [2.75, 3.05) is 7.11 Å². The molecule has 2 aliphatic heterocycles. The maximum absolute atomic E-state index is 13.2. The molecule has 33 heavy (non-hydrogen) atoms. The molecule has 3 heterocycles. The molecule has 168 valence electrons. The number of nitrogens with zero attached hydrogens (tertiary/aromatic N) is 1. The summed E-state index contributed by atoms with van der Waals surface area (Å²) >= 11 is 0. The van der Waals surface area contributed by atoms with Crippen LogP contribution in [-0.4, -0.2) is 34.9 Å². The molecule has 7 heteroatoms. The van der Waals surface area contributed by atoms with Gasteiger partial charge >= 0.3 is 0 Å². The molecule has 0 radical (unpaired) electrons. The number of Topliss-reactive ketones (excluding diaryl/α,β-unsaturated/α-hetero) is 1. The van der Waals surface area contributed by atoms with Gasteiger partial charge < -0.3 is 23.9 Å². The van der Waals surface area contributed by atoms with E-state index in [2.05, 4.69) is 0 Å². The van der Waals surface area contributed by atoms with Crippen molar-refractivity contribution in [3.8, 4) is 11.5 Å². The highest BCUT2D eigenvalue weighted by Gasteiger charge is 2.46. The van der Waals surface area contributed by atoms with Gasteiger partial charge in [0.15, 0.2) is 0 Å². The van der Waals surface area contributed by atoms with Crippen molar-refractivity contribution in [2.45, 2.75) is 32.0 Å². The Balaban J connectivity index is 1.62. The number of amides is 1. The highest BCUT2D eigenvalue weighted by atomic mass is 16.5. The molecule has 1 aromatic heterocycles. The Morgan fingerprint density at radius 2 is 1.94 bits per heavy atom. The SMILES string of the molecule is COc1ccc([C@H]2C(=C(O)c3ccc4c(c3)C[C@@H](C)O4)C(=O)C(=O)N2Cc2ccco2)cc1. The Labute approximate surface area is 190 Å². The summed E-state index contributed by atoms with van der Waals surface area (Å²) in [6, 6.07) is 15.1. The largest absolute Gasteiger partial charge is 0.507 e. The van der Waals surface area contributed by atoms with Crippen LogP contribution in [0.3, 0.4) is 0 Å². The Morgan fingerprint density at radius 1 is 1.15 bits per heavy atom. The van der Waals surface area contributed by atoms with Crippen molar-refractivity contribution in [2.24, 2.45) is 0 Å². The van der Waals surface area contributed by atoms with Gasteiger partial charge in [-0.05, 0) is 60.5 Å². The van der Waals surface area contributed by atoms with E-state index in [1.807, 2.05) is 13.0 Å². The number of furan rings is 1. The fourth-order valence-electron chi connectivity index (χ4n) is 4.47. The van der Waals surface area contributed by atoms with E-state index in [0.29, 0.717) is 29.1 Å². The van der Waals surface area contributed by atoms with E-state index in [1.165, 1.54) is 11.2 Å².